The van der Waals surface area contributed by atoms with E-state index in [0.717, 1.165) is 21.3 Å². The molecule has 0 atom stereocenters. The number of nitrogens with one attached hydrogen (secondary N) is 1. The Morgan fingerprint density at radius 2 is 1.80 bits per heavy atom. The lowest BCUT2D eigenvalue weighted by atomic mass is 10.1. The fourth-order valence-electron chi connectivity index (χ4n) is 2.12. The van der Waals surface area contributed by atoms with Crippen molar-refractivity contribution in [2.45, 2.75) is 19.9 Å². The number of carbonyl (C=O) groups is 2. The largest absolute Gasteiger partial charge is 0.494 e. The van der Waals surface area contributed by atoms with Gasteiger partial charge in [-0.25, -0.2) is 0 Å². The van der Waals surface area contributed by atoms with Crippen LogP contribution in [-0.2, 0) is 27.3 Å². The standard InChI is InChI=1S/C19H20BrNO4/c1-2-24-16-9-7-14(8-10-16)11-19(23)25-13-18(22)21-12-15-5-3-4-6-17(15)20/h3-10H,2,11-13H2,1H3,(H,21,22). The normalized spacial score (nSPS) is 10.2. The van der Waals surface area contributed by atoms with Gasteiger partial charge in [0.25, 0.3) is 5.91 Å². The van der Waals surface area contributed by atoms with E-state index in [2.05, 4.69) is 21.2 Å². The molecule has 132 valence electrons. The zero-order valence-electron chi connectivity index (χ0n) is 14.0. The van der Waals surface area contributed by atoms with Crippen LogP contribution in [0.5, 0.6) is 5.75 Å². The number of amides is 1. The lowest BCUT2D eigenvalue weighted by Gasteiger charge is -2.08. The first-order valence-corrected chi connectivity index (χ1v) is 8.75. The fraction of sp³-hybridized carbons (Fsp3) is 0.263. The molecule has 2 aromatic carbocycles. The van der Waals surface area contributed by atoms with Crippen molar-refractivity contribution in [2.75, 3.05) is 13.2 Å². The van der Waals surface area contributed by atoms with Gasteiger partial charge >= 0.3 is 5.97 Å². The van der Waals surface area contributed by atoms with Crippen LogP contribution in [0.3, 0.4) is 0 Å². The zero-order valence-corrected chi connectivity index (χ0v) is 15.5. The number of carbonyl (C=O) groups excluding carboxylic acids is 2. The fourth-order valence-corrected chi connectivity index (χ4v) is 2.55. The molecule has 0 aliphatic rings. The van der Waals surface area contributed by atoms with Crippen molar-refractivity contribution in [3.63, 3.8) is 0 Å². The Balaban J connectivity index is 1.72. The van der Waals surface area contributed by atoms with E-state index in [1.165, 1.54) is 0 Å². The van der Waals surface area contributed by atoms with Crippen LogP contribution in [0.15, 0.2) is 53.0 Å². The van der Waals surface area contributed by atoms with Crippen LogP contribution in [0, 0.1) is 0 Å². The molecule has 0 radical (unpaired) electrons. The van der Waals surface area contributed by atoms with Gasteiger partial charge in [0.05, 0.1) is 13.0 Å². The van der Waals surface area contributed by atoms with Crippen molar-refractivity contribution in [1.82, 2.24) is 5.32 Å². The molecule has 1 amide bonds. The van der Waals surface area contributed by atoms with E-state index in [4.69, 9.17) is 9.47 Å². The van der Waals surface area contributed by atoms with E-state index in [0.29, 0.717) is 13.2 Å². The lowest BCUT2D eigenvalue weighted by Crippen LogP contribution is -2.28. The summed E-state index contributed by atoms with van der Waals surface area (Å²) in [5.74, 6) is -0.0259. The predicted octanol–water partition coefficient (Wildman–Crippen LogP) is 3.25. The van der Waals surface area contributed by atoms with Crippen molar-refractivity contribution >= 4 is 27.8 Å². The number of hydrogen-bond acceptors (Lipinski definition) is 4. The molecular weight excluding hydrogens is 386 g/mol. The van der Waals surface area contributed by atoms with E-state index in [9.17, 15) is 9.59 Å². The van der Waals surface area contributed by atoms with E-state index in [1.54, 1.807) is 24.3 Å². The lowest BCUT2D eigenvalue weighted by molar-refractivity contribution is -0.147. The molecule has 5 nitrogen and oxygen atoms in total. The minimum atomic E-state index is -0.444. The number of esters is 1. The molecule has 0 bridgehead atoms. The molecular formula is C19H20BrNO4. The molecule has 0 saturated heterocycles. The van der Waals surface area contributed by atoms with Crippen molar-refractivity contribution in [1.29, 1.82) is 0 Å². The highest BCUT2D eigenvalue weighted by Crippen LogP contribution is 2.15. The van der Waals surface area contributed by atoms with Gasteiger partial charge in [0.15, 0.2) is 6.61 Å². The Kier molecular flexibility index (Phi) is 7.47. The minimum Gasteiger partial charge on any atom is -0.494 e. The van der Waals surface area contributed by atoms with E-state index in [1.807, 2.05) is 31.2 Å². The highest BCUT2D eigenvalue weighted by molar-refractivity contribution is 9.10. The van der Waals surface area contributed by atoms with E-state index < -0.39 is 5.97 Å². The summed E-state index contributed by atoms with van der Waals surface area (Å²) in [4.78, 5) is 23.6. The average Bonchev–Trinajstić information content (AvgIpc) is 2.61. The maximum absolute atomic E-state index is 11.8. The van der Waals surface area contributed by atoms with Crippen molar-refractivity contribution in [2.24, 2.45) is 0 Å². The molecule has 25 heavy (non-hydrogen) atoms. The van der Waals surface area contributed by atoms with Crippen LogP contribution in [0.25, 0.3) is 0 Å². The first-order chi connectivity index (χ1) is 12.1. The van der Waals surface area contributed by atoms with Crippen LogP contribution in [0.1, 0.15) is 18.1 Å². The van der Waals surface area contributed by atoms with E-state index in [-0.39, 0.29) is 18.9 Å². The molecule has 0 spiro atoms. The van der Waals surface area contributed by atoms with E-state index >= 15 is 0 Å². The molecule has 0 aliphatic carbocycles. The summed E-state index contributed by atoms with van der Waals surface area (Å²) in [6.45, 7) is 2.58. The van der Waals surface area contributed by atoms with Crippen molar-refractivity contribution in [3.05, 3.63) is 64.1 Å². The summed E-state index contributed by atoms with van der Waals surface area (Å²) < 4.78 is 11.3. The third-order valence-electron chi connectivity index (χ3n) is 3.38. The predicted molar refractivity (Wildman–Crippen MR) is 98.3 cm³/mol. The molecule has 0 aromatic heterocycles. The summed E-state index contributed by atoms with van der Waals surface area (Å²) in [5, 5.41) is 2.72. The minimum absolute atomic E-state index is 0.115. The molecule has 2 rings (SSSR count). The molecule has 0 fully saturated rings. The molecule has 1 N–H and O–H groups in total. The van der Waals surface area contributed by atoms with Gasteiger partial charge in [-0.15, -0.1) is 0 Å². The van der Waals surface area contributed by atoms with Crippen molar-refractivity contribution < 1.29 is 19.1 Å². The van der Waals surface area contributed by atoms with Crippen LogP contribution in [0.2, 0.25) is 0 Å². The number of halogens is 1. The number of benzene rings is 2. The topological polar surface area (TPSA) is 64.6 Å². The first-order valence-electron chi connectivity index (χ1n) is 7.96. The summed E-state index contributed by atoms with van der Waals surface area (Å²) in [7, 11) is 0. The quantitative estimate of drug-likeness (QED) is 0.684. The maximum atomic E-state index is 11.8. The van der Waals surface area contributed by atoms with Gasteiger partial charge in [-0.3, -0.25) is 9.59 Å². The first kappa shape index (κ1) is 19.0. The highest BCUT2D eigenvalue weighted by Gasteiger charge is 2.09. The van der Waals surface area contributed by atoms with Gasteiger partial charge in [-0.2, -0.15) is 0 Å². The van der Waals surface area contributed by atoms with Gasteiger partial charge in [0.1, 0.15) is 5.75 Å². The second kappa shape index (κ2) is 9.84. The van der Waals surface area contributed by atoms with Crippen molar-refractivity contribution in [3.8, 4) is 5.75 Å². The second-order valence-corrected chi connectivity index (χ2v) is 6.14. The monoisotopic (exact) mass is 405 g/mol. The Morgan fingerprint density at radius 3 is 2.48 bits per heavy atom. The number of hydrogen-bond donors (Lipinski definition) is 1. The molecule has 2 aromatic rings. The average molecular weight is 406 g/mol. The molecule has 0 saturated carbocycles. The summed E-state index contributed by atoms with van der Waals surface area (Å²) >= 11 is 3.41. The van der Waals surface area contributed by atoms with Gasteiger partial charge < -0.3 is 14.8 Å². The zero-order chi connectivity index (χ0) is 18.1. The van der Waals surface area contributed by atoms with Gasteiger partial charge in [0, 0.05) is 11.0 Å². The Hall–Kier alpha value is -2.34. The van der Waals surface area contributed by atoms with Gasteiger partial charge in [0.2, 0.25) is 0 Å². The third-order valence-corrected chi connectivity index (χ3v) is 4.15. The Bertz CT molecular complexity index is 716. The molecule has 0 unspecified atom stereocenters. The Labute approximate surface area is 155 Å². The molecule has 0 aliphatic heterocycles. The number of ether oxygens (including phenoxy) is 2. The molecule has 6 heteroatoms. The van der Waals surface area contributed by atoms with Gasteiger partial charge in [-0.1, -0.05) is 46.3 Å². The number of rotatable bonds is 8. The summed E-state index contributed by atoms with van der Waals surface area (Å²) in [6.07, 6.45) is 0.115. The summed E-state index contributed by atoms with van der Waals surface area (Å²) in [5.41, 5.74) is 1.76. The van der Waals surface area contributed by atoms with Crippen LogP contribution >= 0.6 is 15.9 Å². The smallest absolute Gasteiger partial charge is 0.310 e. The summed E-state index contributed by atoms with van der Waals surface area (Å²) in [6, 6.07) is 14.8. The molecule has 0 heterocycles. The SMILES string of the molecule is CCOc1ccc(CC(=O)OCC(=O)NCc2ccccc2Br)cc1. The van der Waals surface area contributed by atoms with Crippen LogP contribution in [-0.4, -0.2) is 25.1 Å². The Morgan fingerprint density at radius 1 is 1.08 bits per heavy atom. The van der Waals surface area contributed by atoms with Crippen LogP contribution < -0.4 is 10.1 Å². The highest BCUT2D eigenvalue weighted by atomic mass is 79.9. The van der Waals surface area contributed by atoms with Gasteiger partial charge in [-0.05, 0) is 36.2 Å². The maximum Gasteiger partial charge on any atom is 0.310 e. The third kappa shape index (κ3) is 6.58. The van der Waals surface area contributed by atoms with Crippen LogP contribution in [0.4, 0.5) is 0 Å². The second-order valence-electron chi connectivity index (χ2n) is 5.28.